The van der Waals surface area contributed by atoms with Crippen molar-refractivity contribution < 1.29 is 14.6 Å². The molecule has 5 rings (SSSR count). The number of para-hydroxylation sites is 1. The lowest BCUT2D eigenvalue weighted by Gasteiger charge is -2.60. The summed E-state index contributed by atoms with van der Waals surface area (Å²) in [7, 11) is 0. The maximum atomic E-state index is 13.5. The second-order valence-corrected chi connectivity index (χ2v) is 9.44. The fourth-order valence-corrected chi connectivity index (χ4v) is 6.24. The zero-order chi connectivity index (χ0) is 19.8. The van der Waals surface area contributed by atoms with Gasteiger partial charge in [0.15, 0.2) is 0 Å². The third-order valence-electron chi connectivity index (χ3n) is 7.85. The van der Waals surface area contributed by atoms with Gasteiger partial charge in [-0.1, -0.05) is 37.5 Å². The maximum Gasteiger partial charge on any atom is 0.230 e. The molecule has 3 aliphatic heterocycles. The van der Waals surface area contributed by atoms with Crippen molar-refractivity contribution >= 4 is 11.6 Å². The van der Waals surface area contributed by atoms with E-state index < -0.39 is 0 Å². The van der Waals surface area contributed by atoms with Gasteiger partial charge in [-0.3, -0.25) is 9.69 Å². The Morgan fingerprint density at radius 1 is 1.07 bits per heavy atom. The molecule has 1 saturated carbocycles. The quantitative estimate of drug-likeness (QED) is 0.846. The number of hydrogen-bond donors (Lipinski definition) is 1. The fraction of sp³-hybridized carbons (Fsp3) is 0.708. The molecule has 29 heavy (non-hydrogen) atoms. The van der Waals surface area contributed by atoms with Crippen molar-refractivity contribution in [3.63, 3.8) is 0 Å². The summed E-state index contributed by atoms with van der Waals surface area (Å²) in [6, 6.07) is 8.93. The minimum atomic E-state index is 0.177. The van der Waals surface area contributed by atoms with E-state index in [0.717, 1.165) is 57.7 Å². The highest BCUT2D eigenvalue weighted by molar-refractivity contribution is 5.96. The molecule has 4 aliphatic rings. The van der Waals surface area contributed by atoms with Crippen LogP contribution < -0.4 is 4.90 Å². The molecule has 0 bridgehead atoms. The third kappa shape index (κ3) is 3.51. The number of amides is 1. The molecule has 5 nitrogen and oxygen atoms in total. The molecule has 158 valence electrons. The largest absolute Gasteiger partial charge is 0.395 e. The van der Waals surface area contributed by atoms with Gasteiger partial charge in [-0.25, -0.2) is 0 Å². The summed E-state index contributed by atoms with van der Waals surface area (Å²) in [6.07, 6.45) is 7.91. The van der Waals surface area contributed by atoms with Crippen LogP contribution >= 0.6 is 0 Å². The molecular formula is C24H34N2O3. The number of likely N-dealkylation sites (tertiary alicyclic amines) is 1. The van der Waals surface area contributed by atoms with Crippen molar-refractivity contribution in [2.24, 2.45) is 11.8 Å². The van der Waals surface area contributed by atoms with E-state index in [1.807, 2.05) is 6.07 Å². The Bertz CT molecular complexity index is 727. The zero-order valence-corrected chi connectivity index (χ0v) is 17.3. The van der Waals surface area contributed by atoms with Gasteiger partial charge < -0.3 is 14.7 Å². The van der Waals surface area contributed by atoms with Gasteiger partial charge in [0.25, 0.3) is 0 Å². The van der Waals surface area contributed by atoms with Crippen molar-refractivity contribution in [3.05, 3.63) is 29.8 Å². The molecule has 3 fully saturated rings. The molecule has 0 unspecified atom stereocenters. The SMILES string of the molecule is O=C(C1CCCCC1)N1C[C@H]2[C@@H](c3ccccc31)[C@@H](CO)N2CC1CCOCC1. The van der Waals surface area contributed by atoms with Crippen molar-refractivity contribution in [1.29, 1.82) is 0 Å². The number of carbonyl (C=O) groups excluding carboxylic acids is 1. The minimum absolute atomic E-state index is 0.177. The van der Waals surface area contributed by atoms with E-state index in [0.29, 0.717) is 23.8 Å². The summed E-state index contributed by atoms with van der Waals surface area (Å²) in [5.74, 6) is 1.49. The predicted molar refractivity (Wildman–Crippen MR) is 113 cm³/mol. The Morgan fingerprint density at radius 3 is 2.59 bits per heavy atom. The molecule has 2 saturated heterocycles. The van der Waals surface area contributed by atoms with Crippen LogP contribution in [0.25, 0.3) is 0 Å². The Labute approximate surface area is 174 Å². The van der Waals surface area contributed by atoms with E-state index in [-0.39, 0.29) is 18.6 Å². The summed E-state index contributed by atoms with van der Waals surface area (Å²) in [5, 5.41) is 10.2. The standard InChI is InChI=1S/C24H34N2O3/c27-16-22-23-19-8-4-5-9-20(19)26(24(28)18-6-2-1-3-7-18)15-21(23)25(22)14-17-10-12-29-13-11-17/h4-5,8-9,17-18,21-23,27H,1-3,6-7,10-16H2/t21-,22+,23+/m0/s1. The van der Waals surface area contributed by atoms with Crippen molar-refractivity contribution in [2.45, 2.75) is 62.9 Å². The Morgan fingerprint density at radius 2 is 1.83 bits per heavy atom. The van der Waals surface area contributed by atoms with Gasteiger partial charge in [0.2, 0.25) is 5.91 Å². The lowest BCUT2D eigenvalue weighted by molar-refractivity contribution is -0.124. The molecule has 5 heteroatoms. The lowest BCUT2D eigenvalue weighted by Crippen LogP contribution is -2.70. The average molecular weight is 399 g/mol. The van der Waals surface area contributed by atoms with Crippen LogP contribution in [0.5, 0.6) is 0 Å². The van der Waals surface area contributed by atoms with Gasteiger partial charge in [0.1, 0.15) is 0 Å². The molecule has 3 heterocycles. The number of aliphatic hydroxyl groups excluding tert-OH is 1. The highest BCUT2D eigenvalue weighted by atomic mass is 16.5. The number of fused-ring (bicyclic) bond motifs is 3. The molecule has 1 amide bonds. The van der Waals surface area contributed by atoms with E-state index in [2.05, 4.69) is 28.0 Å². The highest BCUT2D eigenvalue weighted by Gasteiger charge is 2.53. The molecule has 1 aliphatic carbocycles. The van der Waals surface area contributed by atoms with Gasteiger partial charge in [-0.15, -0.1) is 0 Å². The van der Waals surface area contributed by atoms with Crippen LogP contribution in [0.3, 0.4) is 0 Å². The van der Waals surface area contributed by atoms with Crippen LogP contribution in [0.4, 0.5) is 5.69 Å². The summed E-state index contributed by atoms with van der Waals surface area (Å²) < 4.78 is 5.53. The van der Waals surface area contributed by atoms with E-state index >= 15 is 0 Å². The third-order valence-corrected chi connectivity index (χ3v) is 7.85. The average Bonchev–Trinajstić information content (AvgIpc) is 2.78. The minimum Gasteiger partial charge on any atom is -0.395 e. The molecule has 1 N–H and O–H groups in total. The van der Waals surface area contributed by atoms with Crippen LogP contribution in [0.1, 0.15) is 56.4 Å². The Kier molecular flexibility index (Phi) is 5.63. The predicted octanol–water partition coefficient (Wildman–Crippen LogP) is 3.17. The lowest BCUT2D eigenvalue weighted by atomic mass is 9.71. The number of anilines is 1. The van der Waals surface area contributed by atoms with Gasteiger partial charge in [-0.05, 0) is 43.2 Å². The summed E-state index contributed by atoms with van der Waals surface area (Å²) in [5.41, 5.74) is 2.35. The second kappa shape index (κ2) is 8.37. The molecule has 0 aromatic heterocycles. The molecule has 1 aromatic carbocycles. The highest BCUT2D eigenvalue weighted by Crippen LogP contribution is 2.49. The number of aliphatic hydroxyl groups is 1. The first-order valence-corrected chi connectivity index (χ1v) is 11.6. The normalized spacial score (nSPS) is 31.1. The number of nitrogens with zero attached hydrogens (tertiary/aromatic N) is 2. The molecular weight excluding hydrogens is 364 g/mol. The number of hydrogen-bond acceptors (Lipinski definition) is 4. The number of benzene rings is 1. The summed E-state index contributed by atoms with van der Waals surface area (Å²) in [6.45, 7) is 3.69. The monoisotopic (exact) mass is 398 g/mol. The molecule has 0 radical (unpaired) electrons. The smallest absolute Gasteiger partial charge is 0.230 e. The first-order chi connectivity index (χ1) is 14.3. The molecule has 1 aromatic rings. The topological polar surface area (TPSA) is 53.0 Å². The first kappa shape index (κ1) is 19.5. The fourth-order valence-electron chi connectivity index (χ4n) is 6.24. The van der Waals surface area contributed by atoms with E-state index in [9.17, 15) is 9.90 Å². The maximum absolute atomic E-state index is 13.5. The second-order valence-electron chi connectivity index (χ2n) is 9.44. The van der Waals surface area contributed by atoms with Crippen LogP contribution in [0.2, 0.25) is 0 Å². The van der Waals surface area contributed by atoms with Gasteiger partial charge in [-0.2, -0.15) is 0 Å². The van der Waals surface area contributed by atoms with Crippen molar-refractivity contribution in [3.8, 4) is 0 Å². The van der Waals surface area contributed by atoms with Crippen LogP contribution in [0, 0.1) is 11.8 Å². The number of ether oxygens (including phenoxy) is 1. The Hall–Kier alpha value is -1.43. The Balaban J connectivity index is 1.40. The number of carbonyl (C=O) groups is 1. The first-order valence-electron chi connectivity index (χ1n) is 11.6. The molecule has 0 spiro atoms. The zero-order valence-electron chi connectivity index (χ0n) is 17.3. The van der Waals surface area contributed by atoms with E-state index in [4.69, 9.17) is 4.74 Å². The molecule has 3 atom stereocenters. The van der Waals surface area contributed by atoms with Crippen LogP contribution in [-0.4, -0.2) is 60.9 Å². The van der Waals surface area contributed by atoms with Gasteiger partial charge in [0.05, 0.1) is 6.61 Å². The van der Waals surface area contributed by atoms with E-state index in [1.54, 1.807) is 0 Å². The van der Waals surface area contributed by atoms with Gasteiger partial charge >= 0.3 is 0 Å². The summed E-state index contributed by atoms with van der Waals surface area (Å²) >= 11 is 0. The van der Waals surface area contributed by atoms with E-state index in [1.165, 1.54) is 24.8 Å². The van der Waals surface area contributed by atoms with Crippen LogP contribution in [-0.2, 0) is 9.53 Å². The van der Waals surface area contributed by atoms with Crippen molar-refractivity contribution in [1.82, 2.24) is 4.90 Å². The van der Waals surface area contributed by atoms with Gasteiger partial charge in [0, 0.05) is 55.9 Å². The summed E-state index contributed by atoms with van der Waals surface area (Å²) in [4.78, 5) is 18.1. The number of rotatable bonds is 4. The van der Waals surface area contributed by atoms with Crippen LogP contribution in [0.15, 0.2) is 24.3 Å². The van der Waals surface area contributed by atoms with Crippen molar-refractivity contribution in [2.75, 3.05) is 37.8 Å².